The second-order valence-electron chi connectivity index (χ2n) is 4.44. The van der Waals surface area contributed by atoms with Gasteiger partial charge in [-0.3, -0.25) is 4.57 Å². The maximum absolute atomic E-state index is 11.9. The van der Waals surface area contributed by atoms with Gasteiger partial charge in [-0.25, -0.2) is 4.79 Å². The van der Waals surface area contributed by atoms with Gasteiger partial charge >= 0.3 is 5.69 Å². The third-order valence-electron chi connectivity index (χ3n) is 3.16. The van der Waals surface area contributed by atoms with Crippen molar-refractivity contribution in [3.8, 4) is 0 Å². The van der Waals surface area contributed by atoms with Crippen molar-refractivity contribution < 1.29 is 20.1 Å². The van der Waals surface area contributed by atoms with E-state index in [1.165, 1.54) is 6.20 Å². The Morgan fingerprint density at radius 1 is 1.38 bits per heavy atom. The van der Waals surface area contributed by atoms with E-state index < -0.39 is 36.8 Å². The molecule has 1 aliphatic rings. The van der Waals surface area contributed by atoms with Crippen molar-refractivity contribution in [3.63, 3.8) is 0 Å². The molecule has 21 heavy (non-hydrogen) atoms. The van der Waals surface area contributed by atoms with Gasteiger partial charge in [0.05, 0.1) is 6.61 Å². The van der Waals surface area contributed by atoms with Crippen LogP contribution in [-0.4, -0.2) is 56.8 Å². The molecule has 0 aromatic carbocycles. The number of aryl methyl sites for hydroxylation is 1. The van der Waals surface area contributed by atoms with E-state index in [2.05, 4.69) is 10.3 Å². The summed E-state index contributed by atoms with van der Waals surface area (Å²) in [5.41, 5.74) is 0.0876. The number of hydrogen-bond donors (Lipinski definition) is 4. The minimum atomic E-state index is -1.29. The number of hydrogen-bond acceptors (Lipinski definition) is 7. The molecule has 4 atom stereocenters. The largest absolute Gasteiger partial charge is 0.394 e. The molecule has 4 N–H and O–H groups in total. The molecular formula is C13H23N3O5. The van der Waals surface area contributed by atoms with E-state index in [-0.39, 0.29) is 0 Å². The number of nitrogens with zero attached hydrogens (tertiary/aromatic N) is 2. The highest BCUT2D eigenvalue weighted by atomic mass is 16.6. The zero-order chi connectivity index (χ0) is 16.2. The van der Waals surface area contributed by atoms with Crippen LogP contribution >= 0.6 is 0 Å². The summed E-state index contributed by atoms with van der Waals surface area (Å²) in [6.45, 7) is 5.31. The van der Waals surface area contributed by atoms with Crippen molar-refractivity contribution in [3.05, 3.63) is 22.2 Å². The van der Waals surface area contributed by atoms with Gasteiger partial charge in [-0.1, -0.05) is 13.8 Å². The number of anilines is 1. The molecule has 8 nitrogen and oxygen atoms in total. The molecule has 1 aromatic rings. The maximum atomic E-state index is 11.9. The van der Waals surface area contributed by atoms with Gasteiger partial charge in [0.25, 0.3) is 0 Å². The van der Waals surface area contributed by atoms with Crippen molar-refractivity contribution >= 4 is 5.82 Å². The molecule has 1 saturated heterocycles. The highest BCUT2D eigenvalue weighted by molar-refractivity contribution is 5.40. The number of aromatic nitrogens is 2. The summed E-state index contributed by atoms with van der Waals surface area (Å²) in [6.07, 6.45) is -3.03. The van der Waals surface area contributed by atoms with Crippen molar-refractivity contribution in [2.45, 2.75) is 45.3 Å². The smallest absolute Gasteiger partial charge is 0.351 e. The Kier molecular flexibility index (Phi) is 6.28. The Bertz CT molecular complexity index is 519. The molecule has 0 spiro atoms. The summed E-state index contributed by atoms with van der Waals surface area (Å²) in [6, 6.07) is 0. The number of aliphatic hydroxyl groups excluding tert-OH is 3. The summed E-state index contributed by atoms with van der Waals surface area (Å²) < 4.78 is 6.39. The Morgan fingerprint density at radius 3 is 2.48 bits per heavy atom. The lowest BCUT2D eigenvalue weighted by molar-refractivity contribution is -0.0550. The van der Waals surface area contributed by atoms with Crippen LogP contribution in [0.1, 0.15) is 25.6 Å². The van der Waals surface area contributed by atoms with Crippen molar-refractivity contribution in [1.82, 2.24) is 9.55 Å². The molecule has 0 bridgehead atoms. The Hall–Kier alpha value is -1.48. The van der Waals surface area contributed by atoms with E-state index in [1.54, 1.807) is 14.0 Å². The van der Waals surface area contributed by atoms with Crippen LogP contribution in [0.25, 0.3) is 0 Å². The lowest BCUT2D eigenvalue weighted by atomic mass is 10.1. The predicted octanol–water partition coefficient (Wildman–Crippen LogP) is -0.769. The minimum absolute atomic E-state index is 0.438. The molecule has 2 rings (SSSR count). The number of nitrogens with one attached hydrogen (secondary N) is 1. The van der Waals surface area contributed by atoms with Gasteiger partial charge in [0.15, 0.2) is 6.23 Å². The van der Waals surface area contributed by atoms with E-state index in [0.29, 0.717) is 11.4 Å². The fraction of sp³-hybridized carbons (Fsp3) is 0.692. The van der Waals surface area contributed by atoms with Crippen LogP contribution in [-0.2, 0) is 4.74 Å². The molecule has 8 heteroatoms. The molecule has 2 heterocycles. The zero-order valence-electron chi connectivity index (χ0n) is 12.6. The topological polar surface area (TPSA) is 117 Å². The summed E-state index contributed by atoms with van der Waals surface area (Å²) in [5, 5.41) is 31.3. The van der Waals surface area contributed by atoms with Gasteiger partial charge in [0.1, 0.15) is 24.1 Å². The quantitative estimate of drug-likeness (QED) is 0.579. The second kappa shape index (κ2) is 7.51. The van der Waals surface area contributed by atoms with E-state index >= 15 is 0 Å². The van der Waals surface area contributed by atoms with Gasteiger partial charge in [-0.15, -0.1) is 0 Å². The average Bonchev–Trinajstić information content (AvgIpc) is 2.79. The first-order chi connectivity index (χ1) is 9.99. The summed E-state index contributed by atoms with van der Waals surface area (Å²) in [4.78, 5) is 15.7. The van der Waals surface area contributed by atoms with Crippen LogP contribution in [0, 0.1) is 6.92 Å². The Morgan fingerprint density at radius 2 is 2.00 bits per heavy atom. The summed E-state index contributed by atoms with van der Waals surface area (Å²) >= 11 is 0. The molecule has 1 aromatic heterocycles. The Balaban J connectivity index is 0.00000106. The number of aliphatic hydroxyl groups is 3. The number of rotatable bonds is 3. The Labute approximate surface area is 123 Å². The molecule has 1 aliphatic heterocycles. The molecule has 0 aliphatic carbocycles. The molecule has 0 amide bonds. The summed E-state index contributed by atoms with van der Waals surface area (Å²) in [5.74, 6) is 0.438. The first-order valence-electron chi connectivity index (χ1n) is 6.89. The van der Waals surface area contributed by atoms with Crippen molar-refractivity contribution in [1.29, 1.82) is 0 Å². The molecule has 120 valence electrons. The lowest BCUT2D eigenvalue weighted by Crippen LogP contribution is -2.36. The monoisotopic (exact) mass is 301 g/mol. The highest BCUT2D eigenvalue weighted by Crippen LogP contribution is 2.28. The van der Waals surface area contributed by atoms with Crippen LogP contribution in [0.2, 0.25) is 0 Å². The van der Waals surface area contributed by atoms with Crippen LogP contribution in [0.5, 0.6) is 0 Å². The normalized spacial score (nSPS) is 28.0. The molecule has 0 saturated carbocycles. The van der Waals surface area contributed by atoms with Crippen molar-refractivity contribution in [2.75, 3.05) is 19.0 Å². The molecule has 1 unspecified atom stereocenters. The maximum Gasteiger partial charge on any atom is 0.351 e. The zero-order valence-corrected chi connectivity index (χ0v) is 12.6. The highest BCUT2D eigenvalue weighted by Gasteiger charge is 2.43. The van der Waals surface area contributed by atoms with Crippen LogP contribution in [0.15, 0.2) is 11.0 Å². The van der Waals surface area contributed by atoms with Gasteiger partial charge in [-0.2, -0.15) is 4.98 Å². The van der Waals surface area contributed by atoms with Crippen LogP contribution in [0.3, 0.4) is 0 Å². The molecule has 1 fully saturated rings. The third-order valence-corrected chi connectivity index (χ3v) is 3.16. The third kappa shape index (κ3) is 3.41. The second-order valence-corrected chi connectivity index (χ2v) is 4.44. The summed E-state index contributed by atoms with van der Waals surface area (Å²) in [7, 11) is 1.64. The van der Waals surface area contributed by atoms with Gasteiger partial charge < -0.3 is 25.4 Å². The lowest BCUT2D eigenvalue weighted by Gasteiger charge is -2.18. The van der Waals surface area contributed by atoms with Crippen LogP contribution in [0.4, 0.5) is 5.82 Å². The molecular weight excluding hydrogens is 278 g/mol. The minimum Gasteiger partial charge on any atom is -0.394 e. The van der Waals surface area contributed by atoms with E-state index in [4.69, 9.17) is 9.84 Å². The van der Waals surface area contributed by atoms with Gasteiger partial charge in [-0.05, 0) is 6.92 Å². The fourth-order valence-corrected chi connectivity index (χ4v) is 2.11. The van der Waals surface area contributed by atoms with Crippen molar-refractivity contribution in [2.24, 2.45) is 0 Å². The first-order valence-corrected chi connectivity index (χ1v) is 6.89. The standard InChI is InChI=1S/C11H17N3O5.C2H6/c1-5-3-14(11(18)13-9(5)12-2)10-8(17)7(16)6(4-15)19-10;1-2/h3,6-8,10,15-17H,4H2,1-2H3,(H,12,13,18);1-2H3/t6-,7-,8-,10?;/m1./s1. The van der Waals surface area contributed by atoms with E-state index in [9.17, 15) is 15.0 Å². The SMILES string of the molecule is CC.CNc1nc(=O)n(C2O[C@H](CO)[C@@H](O)[C@H]2O)cc1C. The van der Waals surface area contributed by atoms with Crippen LogP contribution < -0.4 is 11.0 Å². The predicted molar refractivity (Wildman–Crippen MR) is 77.1 cm³/mol. The van der Waals surface area contributed by atoms with E-state index in [0.717, 1.165) is 4.57 Å². The first kappa shape index (κ1) is 17.6. The van der Waals surface area contributed by atoms with Gasteiger partial charge in [0, 0.05) is 18.8 Å². The fourth-order valence-electron chi connectivity index (χ4n) is 2.11. The van der Waals surface area contributed by atoms with E-state index in [1.807, 2.05) is 13.8 Å². The van der Waals surface area contributed by atoms with Gasteiger partial charge in [0.2, 0.25) is 0 Å². The molecule has 0 radical (unpaired) electrons. The number of ether oxygens (including phenoxy) is 1. The average molecular weight is 301 g/mol.